The Balaban J connectivity index is 1.56. The number of hydrogen-bond donors (Lipinski definition) is 0. The van der Waals surface area contributed by atoms with Crippen molar-refractivity contribution in [3.63, 3.8) is 0 Å². The highest BCUT2D eigenvalue weighted by molar-refractivity contribution is 6.30. The Labute approximate surface area is 222 Å². The van der Waals surface area contributed by atoms with Crippen molar-refractivity contribution in [2.45, 2.75) is 51.8 Å². The van der Waals surface area contributed by atoms with Gasteiger partial charge in [-0.1, -0.05) is 64.3 Å². The van der Waals surface area contributed by atoms with Gasteiger partial charge < -0.3 is 14.2 Å². The number of carbonyl (C=O) groups is 2. The number of alkyl halides is 1. The smallest absolute Gasteiger partial charge is 0.343 e. The average molecular weight is 527 g/mol. The van der Waals surface area contributed by atoms with E-state index >= 15 is 0 Å². The molecule has 0 aromatic heterocycles. The first kappa shape index (κ1) is 28.2. The minimum atomic E-state index is -0.710. The number of halogens is 2. The van der Waals surface area contributed by atoms with Crippen molar-refractivity contribution in [1.29, 1.82) is 0 Å². The molecule has 0 N–H and O–H groups in total. The number of hydrogen-bond acceptors (Lipinski definition) is 5. The highest BCUT2D eigenvalue weighted by Crippen LogP contribution is 2.26. The standard InChI is InChI=1S/C30H32ClFO5/c1-4-5-6-7-18-35-27-17-12-23(19-26(27)32)29(33)36-24-13-8-21(9-14-24)22-10-15-25(16-11-22)37-30(34)28(31)20(2)3/h8-17,19-20,28H,4-7,18H2,1-3H3. The van der Waals surface area contributed by atoms with Crippen LogP contribution in [0.15, 0.2) is 66.7 Å². The second-order valence-corrected chi connectivity index (χ2v) is 9.53. The molecule has 3 aromatic rings. The van der Waals surface area contributed by atoms with Crippen LogP contribution in [0.25, 0.3) is 11.1 Å². The van der Waals surface area contributed by atoms with Crippen molar-refractivity contribution in [2.24, 2.45) is 5.92 Å². The lowest BCUT2D eigenvalue weighted by Crippen LogP contribution is -2.25. The van der Waals surface area contributed by atoms with Crippen LogP contribution in [0.1, 0.15) is 56.8 Å². The first-order valence-corrected chi connectivity index (χ1v) is 12.9. The maximum Gasteiger partial charge on any atom is 0.343 e. The van der Waals surface area contributed by atoms with Crippen molar-refractivity contribution in [1.82, 2.24) is 0 Å². The van der Waals surface area contributed by atoms with Crippen LogP contribution in [0, 0.1) is 11.7 Å². The third kappa shape index (κ3) is 8.32. The van der Waals surface area contributed by atoms with Crippen molar-refractivity contribution < 1.29 is 28.2 Å². The highest BCUT2D eigenvalue weighted by Gasteiger charge is 2.21. The van der Waals surface area contributed by atoms with E-state index in [-0.39, 0.29) is 17.2 Å². The summed E-state index contributed by atoms with van der Waals surface area (Å²) in [5.74, 6) is -0.908. The molecule has 0 amide bonds. The molecule has 196 valence electrons. The van der Waals surface area contributed by atoms with E-state index in [0.717, 1.165) is 42.9 Å². The molecule has 1 atom stereocenters. The van der Waals surface area contributed by atoms with E-state index < -0.39 is 23.1 Å². The fourth-order valence-electron chi connectivity index (χ4n) is 3.50. The van der Waals surface area contributed by atoms with Gasteiger partial charge in [0.2, 0.25) is 0 Å². The third-order valence-corrected chi connectivity index (χ3v) is 6.39. The van der Waals surface area contributed by atoms with Gasteiger partial charge >= 0.3 is 11.9 Å². The Morgan fingerprint density at radius 3 is 1.97 bits per heavy atom. The van der Waals surface area contributed by atoms with Crippen LogP contribution < -0.4 is 14.2 Å². The van der Waals surface area contributed by atoms with Crippen LogP contribution in [0.5, 0.6) is 17.2 Å². The molecular formula is C30H32ClFO5. The molecule has 3 rings (SSSR count). The number of esters is 2. The average Bonchev–Trinajstić information content (AvgIpc) is 2.89. The predicted molar refractivity (Wildman–Crippen MR) is 143 cm³/mol. The fourth-order valence-corrected chi connectivity index (χ4v) is 3.54. The quantitative estimate of drug-likeness (QED) is 0.104. The van der Waals surface area contributed by atoms with Gasteiger partial charge in [0, 0.05) is 0 Å². The molecule has 0 saturated heterocycles. The zero-order valence-corrected chi connectivity index (χ0v) is 22.1. The highest BCUT2D eigenvalue weighted by atomic mass is 35.5. The molecule has 0 heterocycles. The van der Waals surface area contributed by atoms with E-state index in [1.165, 1.54) is 12.1 Å². The van der Waals surface area contributed by atoms with Crippen LogP contribution in [-0.4, -0.2) is 23.9 Å². The fraction of sp³-hybridized carbons (Fsp3) is 0.333. The second kappa shape index (κ2) is 13.8. The van der Waals surface area contributed by atoms with Crippen LogP contribution in [0.2, 0.25) is 0 Å². The Morgan fingerprint density at radius 2 is 1.43 bits per heavy atom. The van der Waals surface area contributed by atoms with Crippen molar-refractivity contribution in [3.05, 3.63) is 78.1 Å². The first-order chi connectivity index (χ1) is 17.8. The topological polar surface area (TPSA) is 61.8 Å². The zero-order valence-electron chi connectivity index (χ0n) is 21.3. The zero-order chi connectivity index (χ0) is 26.8. The van der Waals surface area contributed by atoms with Crippen molar-refractivity contribution in [3.8, 4) is 28.4 Å². The lowest BCUT2D eigenvalue weighted by molar-refractivity contribution is -0.134. The lowest BCUT2D eigenvalue weighted by atomic mass is 10.1. The largest absolute Gasteiger partial charge is 0.491 e. The van der Waals surface area contributed by atoms with Gasteiger partial charge in [-0.3, -0.25) is 4.79 Å². The molecule has 37 heavy (non-hydrogen) atoms. The molecule has 3 aromatic carbocycles. The summed E-state index contributed by atoms with van der Waals surface area (Å²) in [7, 11) is 0. The van der Waals surface area contributed by atoms with Gasteiger partial charge in [-0.15, -0.1) is 11.6 Å². The summed E-state index contributed by atoms with van der Waals surface area (Å²) in [6.07, 6.45) is 4.13. The predicted octanol–water partition coefficient (Wildman–Crippen LogP) is 7.84. The van der Waals surface area contributed by atoms with E-state index in [0.29, 0.717) is 18.1 Å². The summed E-state index contributed by atoms with van der Waals surface area (Å²) < 4.78 is 30.6. The monoisotopic (exact) mass is 526 g/mol. The SMILES string of the molecule is CCCCCCOc1ccc(C(=O)Oc2ccc(-c3ccc(OC(=O)C(Cl)C(C)C)cc3)cc2)cc1F. The van der Waals surface area contributed by atoms with Gasteiger partial charge in [0.25, 0.3) is 0 Å². The summed E-state index contributed by atoms with van der Waals surface area (Å²) in [5.41, 5.74) is 1.86. The van der Waals surface area contributed by atoms with Crippen LogP contribution in [-0.2, 0) is 4.79 Å². The number of unbranched alkanes of at least 4 members (excludes halogenated alkanes) is 3. The Morgan fingerprint density at radius 1 is 0.838 bits per heavy atom. The van der Waals surface area contributed by atoms with Crippen molar-refractivity contribution in [2.75, 3.05) is 6.61 Å². The Bertz CT molecular complexity index is 1180. The normalized spacial score (nSPS) is 11.7. The van der Waals surface area contributed by atoms with Gasteiger partial charge in [-0.2, -0.15) is 0 Å². The van der Waals surface area contributed by atoms with E-state index in [2.05, 4.69) is 6.92 Å². The van der Waals surface area contributed by atoms with Gasteiger partial charge in [0.05, 0.1) is 12.2 Å². The van der Waals surface area contributed by atoms with E-state index in [9.17, 15) is 14.0 Å². The lowest BCUT2D eigenvalue weighted by Gasteiger charge is -2.12. The molecule has 0 saturated carbocycles. The Kier molecular flexibility index (Phi) is 10.5. The van der Waals surface area contributed by atoms with E-state index in [4.69, 9.17) is 25.8 Å². The maximum atomic E-state index is 14.4. The summed E-state index contributed by atoms with van der Waals surface area (Å²) in [5, 5.41) is -0.710. The number of carbonyl (C=O) groups excluding carboxylic acids is 2. The maximum absolute atomic E-state index is 14.4. The number of rotatable bonds is 12. The molecule has 0 aliphatic carbocycles. The van der Waals surface area contributed by atoms with E-state index in [1.807, 2.05) is 26.0 Å². The minimum Gasteiger partial charge on any atom is -0.491 e. The molecular weight excluding hydrogens is 495 g/mol. The summed E-state index contributed by atoms with van der Waals surface area (Å²) in [6.45, 7) is 6.26. The summed E-state index contributed by atoms with van der Waals surface area (Å²) in [6, 6.07) is 18.0. The summed E-state index contributed by atoms with van der Waals surface area (Å²) in [4.78, 5) is 24.5. The molecule has 7 heteroatoms. The van der Waals surface area contributed by atoms with Gasteiger partial charge in [0.15, 0.2) is 11.6 Å². The Hall–Kier alpha value is -3.38. The minimum absolute atomic E-state index is 0.0291. The van der Waals surface area contributed by atoms with Crippen molar-refractivity contribution >= 4 is 23.5 Å². The third-order valence-electron chi connectivity index (χ3n) is 5.70. The van der Waals surface area contributed by atoms with Crippen LogP contribution in [0.4, 0.5) is 4.39 Å². The van der Waals surface area contributed by atoms with Crippen LogP contribution in [0.3, 0.4) is 0 Å². The molecule has 0 bridgehead atoms. The molecule has 0 aliphatic rings. The number of ether oxygens (including phenoxy) is 3. The second-order valence-electron chi connectivity index (χ2n) is 9.06. The molecule has 0 radical (unpaired) electrons. The van der Waals surface area contributed by atoms with Gasteiger partial charge in [0.1, 0.15) is 16.9 Å². The number of benzene rings is 3. The summed E-state index contributed by atoms with van der Waals surface area (Å²) >= 11 is 6.05. The molecule has 0 spiro atoms. The van der Waals surface area contributed by atoms with Crippen LogP contribution >= 0.6 is 11.6 Å². The van der Waals surface area contributed by atoms with Gasteiger partial charge in [-0.25, -0.2) is 9.18 Å². The first-order valence-electron chi connectivity index (χ1n) is 12.5. The van der Waals surface area contributed by atoms with Gasteiger partial charge in [-0.05, 0) is 65.9 Å². The molecule has 1 unspecified atom stereocenters. The van der Waals surface area contributed by atoms with E-state index in [1.54, 1.807) is 36.4 Å². The molecule has 5 nitrogen and oxygen atoms in total. The molecule has 0 fully saturated rings. The molecule has 0 aliphatic heterocycles.